The Bertz CT molecular complexity index is 627. The van der Waals surface area contributed by atoms with Gasteiger partial charge in [0.2, 0.25) is 10.0 Å². The molecule has 0 saturated carbocycles. The fourth-order valence-electron chi connectivity index (χ4n) is 1.43. The molecular weight excluding hydrogens is 301 g/mol. The molecule has 0 spiro atoms. The summed E-state index contributed by atoms with van der Waals surface area (Å²) < 4.78 is 44.2. The van der Waals surface area contributed by atoms with Gasteiger partial charge in [0.25, 0.3) is 0 Å². The number of carboxylic acid groups (broad SMARTS) is 1. The summed E-state index contributed by atoms with van der Waals surface area (Å²) in [4.78, 5) is 10.4. The van der Waals surface area contributed by atoms with Gasteiger partial charge in [-0.1, -0.05) is 0 Å². The molecule has 21 heavy (non-hydrogen) atoms. The van der Waals surface area contributed by atoms with Crippen molar-refractivity contribution in [3.63, 3.8) is 0 Å². The number of carbonyl (C=O) groups is 1. The molecule has 0 aliphatic carbocycles. The van der Waals surface area contributed by atoms with E-state index in [0.29, 0.717) is 6.61 Å². The third-order valence-corrected chi connectivity index (χ3v) is 3.63. The van der Waals surface area contributed by atoms with Gasteiger partial charge in [0.1, 0.15) is 5.82 Å². The monoisotopic (exact) mass is 317 g/mol. The number of carboxylic acids is 1. The van der Waals surface area contributed by atoms with Crippen LogP contribution in [0.3, 0.4) is 0 Å². The van der Waals surface area contributed by atoms with Crippen molar-refractivity contribution < 1.29 is 27.4 Å². The van der Waals surface area contributed by atoms with E-state index in [9.17, 15) is 17.6 Å². The van der Waals surface area contributed by atoms with Crippen LogP contribution in [0.1, 0.15) is 12.5 Å². The Morgan fingerprint density at radius 1 is 1.48 bits per heavy atom. The van der Waals surface area contributed by atoms with Crippen molar-refractivity contribution in [3.8, 4) is 0 Å². The smallest absolute Gasteiger partial charge is 0.328 e. The number of nitrogens with one attached hydrogen (secondary N) is 1. The number of hydrogen-bond donors (Lipinski definition) is 2. The Kier molecular flexibility index (Phi) is 6.32. The van der Waals surface area contributed by atoms with Gasteiger partial charge in [0, 0.05) is 18.2 Å². The van der Waals surface area contributed by atoms with Crippen molar-refractivity contribution >= 4 is 27.8 Å². The minimum absolute atomic E-state index is 0.0494. The summed E-state index contributed by atoms with van der Waals surface area (Å²) in [6.45, 7) is 2.21. The molecule has 0 aliphatic rings. The topological polar surface area (TPSA) is 92.7 Å². The summed E-state index contributed by atoms with van der Waals surface area (Å²) in [5.41, 5.74) is 0.117. The summed E-state index contributed by atoms with van der Waals surface area (Å²) in [7, 11) is -3.62. The molecule has 0 heterocycles. The number of rotatable bonds is 8. The molecule has 0 aromatic heterocycles. The molecule has 8 heteroatoms. The first-order chi connectivity index (χ1) is 9.84. The lowest BCUT2D eigenvalue weighted by molar-refractivity contribution is -0.131. The summed E-state index contributed by atoms with van der Waals surface area (Å²) in [6, 6.07) is 3.62. The SMILES string of the molecule is CCOCCS(=O)(=O)Nc1ccc(C=CC(=O)O)c(F)c1. The second-order valence-electron chi connectivity index (χ2n) is 4.03. The summed E-state index contributed by atoms with van der Waals surface area (Å²) in [5, 5.41) is 8.46. The molecule has 0 atom stereocenters. The van der Waals surface area contributed by atoms with Gasteiger partial charge in [-0.2, -0.15) is 0 Å². The van der Waals surface area contributed by atoms with Gasteiger partial charge in [-0.25, -0.2) is 17.6 Å². The Balaban J connectivity index is 2.77. The number of benzene rings is 1. The molecule has 2 N–H and O–H groups in total. The minimum atomic E-state index is -3.62. The molecule has 0 bridgehead atoms. The number of aliphatic carboxylic acids is 1. The Morgan fingerprint density at radius 3 is 2.76 bits per heavy atom. The van der Waals surface area contributed by atoms with Gasteiger partial charge in [0.05, 0.1) is 18.0 Å². The van der Waals surface area contributed by atoms with Crippen molar-refractivity contribution in [2.45, 2.75) is 6.92 Å². The van der Waals surface area contributed by atoms with E-state index in [1.54, 1.807) is 6.92 Å². The largest absolute Gasteiger partial charge is 0.478 e. The lowest BCUT2D eigenvalue weighted by Crippen LogP contribution is -2.20. The van der Waals surface area contributed by atoms with Crippen molar-refractivity contribution in [2.75, 3.05) is 23.7 Å². The third-order valence-electron chi connectivity index (χ3n) is 2.38. The second-order valence-corrected chi connectivity index (χ2v) is 5.87. The molecule has 1 rings (SSSR count). The maximum atomic E-state index is 13.7. The summed E-state index contributed by atoms with van der Waals surface area (Å²) in [6.07, 6.45) is 1.88. The number of anilines is 1. The van der Waals surface area contributed by atoms with Crippen LogP contribution < -0.4 is 4.72 Å². The molecule has 0 aliphatic heterocycles. The molecule has 0 radical (unpaired) electrons. The standard InChI is InChI=1S/C13H16FNO5S/c1-2-20-7-8-21(18,19)15-11-5-3-10(12(14)9-11)4-6-13(16)17/h3-6,9,15H,2,7-8H2,1H3,(H,16,17). The fourth-order valence-corrected chi connectivity index (χ4v) is 2.36. The second kappa shape index (κ2) is 7.75. The van der Waals surface area contributed by atoms with Crippen LogP contribution in [0.5, 0.6) is 0 Å². The molecule has 0 saturated heterocycles. The first-order valence-electron chi connectivity index (χ1n) is 6.13. The van der Waals surface area contributed by atoms with E-state index in [0.717, 1.165) is 18.2 Å². The van der Waals surface area contributed by atoms with E-state index in [1.165, 1.54) is 12.1 Å². The van der Waals surface area contributed by atoms with Gasteiger partial charge in [-0.15, -0.1) is 0 Å². The van der Waals surface area contributed by atoms with Gasteiger partial charge in [0.15, 0.2) is 0 Å². The predicted octanol–water partition coefficient (Wildman–Crippen LogP) is 1.70. The summed E-state index contributed by atoms with van der Waals surface area (Å²) in [5.74, 6) is -2.16. The Labute approximate surface area is 122 Å². The number of hydrogen-bond acceptors (Lipinski definition) is 4. The van der Waals surface area contributed by atoms with E-state index in [-0.39, 0.29) is 23.6 Å². The molecular formula is C13H16FNO5S. The van der Waals surface area contributed by atoms with Gasteiger partial charge >= 0.3 is 5.97 Å². The first-order valence-corrected chi connectivity index (χ1v) is 7.78. The number of ether oxygens (including phenoxy) is 1. The van der Waals surface area contributed by atoms with Crippen LogP contribution in [0.2, 0.25) is 0 Å². The molecule has 6 nitrogen and oxygen atoms in total. The summed E-state index contributed by atoms with van der Waals surface area (Å²) >= 11 is 0. The molecule has 0 fully saturated rings. The average Bonchev–Trinajstić information content (AvgIpc) is 2.37. The zero-order valence-corrected chi connectivity index (χ0v) is 12.2. The number of halogens is 1. The molecule has 1 aromatic carbocycles. The van der Waals surface area contributed by atoms with E-state index in [2.05, 4.69) is 4.72 Å². The lowest BCUT2D eigenvalue weighted by atomic mass is 10.2. The average molecular weight is 317 g/mol. The van der Waals surface area contributed by atoms with E-state index in [1.807, 2.05) is 0 Å². The Hall–Kier alpha value is -1.93. The highest BCUT2D eigenvalue weighted by Crippen LogP contribution is 2.17. The maximum absolute atomic E-state index is 13.7. The highest BCUT2D eigenvalue weighted by molar-refractivity contribution is 7.92. The van der Waals surface area contributed by atoms with Crippen LogP contribution in [0.4, 0.5) is 10.1 Å². The van der Waals surface area contributed by atoms with Crippen molar-refractivity contribution in [1.82, 2.24) is 0 Å². The molecule has 1 aromatic rings. The van der Waals surface area contributed by atoms with E-state index in [4.69, 9.17) is 9.84 Å². The Morgan fingerprint density at radius 2 is 2.19 bits per heavy atom. The lowest BCUT2D eigenvalue weighted by Gasteiger charge is -2.08. The van der Waals surface area contributed by atoms with Crippen LogP contribution in [-0.4, -0.2) is 38.5 Å². The van der Waals surface area contributed by atoms with Gasteiger partial charge in [-0.05, 0) is 31.2 Å². The zero-order valence-electron chi connectivity index (χ0n) is 11.4. The van der Waals surface area contributed by atoms with Crippen LogP contribution >= 0.6 is 0 Å². The molecule has 0 unspecified atom stereocenters. The van der Waals surface area contributed by atoms with E-state index < -0.39 is 21.8 Å². The van der Waals surface area contributed by atoms with Crippen LogP contribution in [0.25, 0.3) is 6.08 Å². The maximum Gasteiger partial charge on any atom is 0.328 e. The highest BCUT2D eigenvalue weighted by Gasteiger charge is 2.11. The van der Waals surface area contributed by atoms with Crippen LogP contribution in [-0.2, 0) is 19.6 Å². The van der Waals surface area contributed by atoms with E-state index >= 15 is 0 Å². The van der Waals surface area contributed by atoms with Crippen molar-refractivity contribution in [2.24, 2.45) is 0 Å². The molecule has 116 valence electrons. The van der Waals surface area contributed by atoms with Gasteiger partial charge < -0.3 is 9.84 Å². The van der Waals surface area contributed by atoms with Crippen LogP contribution in [0, 0.1) is 5.82 Å². The quantitative estimate of drug-likeness (QED) is 0.562. The predicted molar refractivity (Wildman–Crippen MR) is 77.0 cm³/mol. The normalized spacial score (nSPS) is 11.7. The minimum Gasteiger partial charge on any atom is -0.478 e. The van der Waals surface area contributed by atoms with Crippen molar-refractivity contribution in [3.05, 3.63) is 35.7 Å². The number of sulfonamides is 1. The highest BCUT2D eigenvalue weighted by atomic mass is 32.2. The first kappa shape index (κ1) is 17.1. The zero-order chi connectivity index (χ0) is 15.9. The molecule has 0 amide bonds. The van der Waals surface area contributed by atoms with Crippen molar-refractivity contribution in [1.29, 1.82) is 0 Å². The fraction of sp³-hybridized carbons (Fsp3) is 0.308. The van der Waals surface area contributed by atoms with Gasteiger partial charge in [-0.3, -0.25) is 4.72 Å². The third kappa shape index (κ3) is 6.37. The van der Waals surface area contributed by atoms with Crippen LogP contribution in [0.15, 0.2) is 24.3 Å².